The van der Waals surface area contributed by atoms with Gasteiger partial charge in [0.05, 0.1) is 0 Å². The first kappa shape index (κ1) is 11.7. The highest BCUT2D eigenvalue weighted by molar-refractivity contribution is 6.29. The summed E-state index contributed by atoms with van der Waals surface area (Å²) in [6.45, 7) is 1.84. The fraction of sp³-hybridized carbons (Fsp3) is 0.0833. The van der Waals surface area contributed by atoms with Gasteiger partial charge in [0.25, 0.3) is 0 Å². The molecule has 0 amide bonds. The van der Waals surface area contributed by atoms with Crippen LogP contribution in [0.15, 0.2) is 30.3 Å². The van der Waals surface area contributed by atoms with E-state index in [1.807, 2.05) is 6.92 Å². The van der Waals surface area contributed by atoms with E-state index < -0.39 is 5.82 Å². The molecular formula is C12H10ClFN2O. The molecule has 0 bridgehead atoms. The van der Waals surface area contributed by atoms with E-state index in [-0.39, 0.29) is 16.8 Å². The van der Waals surface area contributed by atoms with E-state index in [1.165, 1.54) is 18.2 Å². The van der Waals surface area contributed by atoms with Gasteiger partial charge in [-0.25, -0.2) is 9.37 Å². The highest BCUT2D eigenvalue weighted by Crippen LogP contribution is 2.26. The third kappa shape index (κ3) is 2.85. The van der Waals surface area contributed by atoms with E-state index in [9.17, 15) is 4.39 Å². The van der Waals surface area contributed by atoms with Crippen molar-refractivity contribution >= 4 is 17.3 Å². The normalized spacial score (nSPS) is 10.3. The van der Waals surface area contributed by atoms with Crippen LogP contribution in [-0.2, 0) is 0 Å². The van der Waals surface area contributed by atoms with Gasteiger partial charge in [-0.2, -0.15) is 0 Å². The van der Waals surface area contributed by atoms with Gasteiger partial charge in [-0.3, -0.25) is 0 Å². The Labute approximate surface area is 103 Å². The van der Waals surface area contributed by atoms with Crippen LogP contribution < -0.4 is 10.5 Å². The number of halogens is 2. The molecule has 1 aromatic heterocycles. The smallest absolute Gasteiger partial charge is 0.222 e. The second-order valence-corrected chi connectivity index (χ2v) is 3.98. The molecule has 1 heterocycles. The van der Waals surface area contributed by atoms with Crippen molar-refractivity contribution in [1.29, 1.82) is 0 Å². The molecule has 2 rings (SSSR count). The summed E-state index contributed by atoms with van der Waals surface area (Å²) in [5, 5.41) is 0.202. The minimum Gasteiger partial charge on any atom is -0.436 e. The van der Waals surface area contributed by atoms with Crippen molar-refractivity contribution in [2.24, 2.45) is 0 Å². The Morgan fingerprint density at radius 3 is 2.76 bits per heavy atom. The van der Waals surface area contributed by atoms with Crippen LogP contribution in [-0.4, -0.2) is 4.98 Å². The van der Waals surface area contributed by atoms with Gasteiger partial charge in [0, 0.05) is 11.8 Å². The molecule has 2 aromatic rings. The van der Waals surface area contributed by atoms with Crippen molar-refractivity contribution < 1.29 is 9.13 Å². The molecule has 0 atom stereocenters. The van der Waals surface area contributed by atoms with Crippen molar-refractivity contribution in [2.45, 2.75) is 6.92 Å². The zero-order chi connectivity index (χ0) is 12.4. The summed E-state index contributed by atoms with van der Waals surface area (Å²) >= 11 is 5.72. The van der Waals surface area contributed by atoms with Crippen LogP contribution in [0.3, 0.4) is 0 Å². The van der Waals surface area contributed by atoms with E-state index in [0.29, 0.717) is 5.69 Å². The molecule has 0 fully saturated rings. The lowest BCUT2D eigenvalue weighted by Crippen LogP contribution is -1.94. The van der Waals surface area contributed by atoms with Crippen LogP contribution in [0.5, 0.6) is 11.6 Å². The predicted octanol–water partition coefficient (Wildman–Crippen LogP) is 3.56. The Morgan fingerprint density at radius 2 is 2.06 bits per heavy atom. The van der Waals surface area contributed by atoms with Crippen molar-refractivity contribution in [1.82, 2.24) is 4.98 Å². The van der Waals surface area contributed by atoms with E-state index in [0.717, 1.165) is 5.56 Å². The molecule has 0 saturated heterocycles. The number of anilines is 1. The number of pyridine rings is 1. The van der Waals surface area contributed by atoms with Crippen LogP contribution in [0.2, 0.25) is 5.15 Å². The first-order valence-electron chi connectivity index (χ1n) is 4.91. The molecule has 0 aliphatic rings. The number of benzene rings is 1. The molecule has 3 nitrogen and oxygen atoms in total. The van der Waals surface area contributed by atoms with Gasteiger partial charge < -0.3 is 10.5 Å². The first-order valence-corrected chi connectivity index (χ1v) is 5.29. The Bertz CT molecular complexity index is 540. The van der Waals surface area contributed by atoms with E-state index in [4.69, 9.17) is 22.1 Å². The lowest BCUT2D eigenvalue weighted by molar-refractivity contribution is 0.427. The lowest BCUT2D eigenvalue weighted by atomic mass is 10.2. The van der Waals surface area contributed by atoms with Gasteiger partial charge in [0.2, 0.25) is 5.88 Å². The number of aryl methyl sites for hydroxylation is 1. The van der Waals surface area contributed by atoms with E-state index in [1.54, 1.807) is 12.1 Å². The monoisotopic (exact) mass is 252 g/mol. The molecule has 0 unspecified atom stereocenters. The maximum atomic E-state index is 13.4. The summed E-state index contributed by atoms with van der Waals surface area (Å²) in [5.74, 6) is -0.199. The Balaban J connectivity index is 2.34. The van der Waals surface area contributed by atoms with Gasteiger partial charge in [-0.15, -0.1) is 0 Å². The summed E-state index contributed by atoms with van der Waals surface area (Å²) in [6.07, 6.45) is 0. The number of nitrogen functional groups attached to an aromatic ring is 1. The third-order valence-electron chi connectivity index (χ3n) is 2.09. The van der Waals surface area contributed by atoms with Gasteiger partial charge in [0.1, 0.15) is 5.15 Å². The summed E-state index contributed by atoms with van der Waals surface area (Å²) in [6, 6.07) is 7.53. The Morgan fingerprint density at radius 1 is 1.29 bits per heavy atom. The minimum absolute atomic E-state index is 0.0965. The number of nitrogens with zero attached hydrogens (tertiary/aromatic N) is 1. The molecule has 0 aliphatic carbocycles. The quantitative estimate of drug-likeness (QED) is 0.832. The van der Waals surface area contributed by atoms with Crippen molar-refractivity contribution in [3.63, 3.8) is 0 Å². The number of ether oxygens (including phenoxy) is 1. The molecule has 88 valence electrons. The zero-order valence-electron chi connectivity index (χ0n) is 9.08. The minimum atomic E-state index is -0.462. The maximum Gasteiger partial charge on any atom is 0.222 e. The summed E-state index contributed by atoms with van der Waals surface area (Å²) < 4.78 is 18.7. The molecule has 2 N–H and O–H groups in total. The molecule has 0 radical (unpaired) electrons. The predicted molar refractivity (Wildman–Crippen MR) is 64.9 cm³/mol. The van der Waals surface area contributed by atoms with Crippen LogP contribution in [0.25, 0.3) is 0 Å². The third-order valence-corrected chi connectivity index (χ3v) is 2.29. The molecule has 0 spiro atoms. The van der Waals surface area contributed by atoms with Crippen molar-refractivity contribution in [3.8, 4) is 11.6 Å². The number of hydrogen-bond acceptors (Lipinski definition) is 3. The second-order valence-electron chi connectivity index (χ2n) is 3.60. The first-order chi connectivity index (χ1) is 8.04. The Hall–Kier alpha value is -1.81. The van der Waals surface area contributed by atoms with Crippen LogP contribution in [0, 0.1) is 12.7 Å². The fourth-order valence-electron chi connectivity index (χ4n) is 1.35. The highest BCUT2D eigenvalue weighted by atomic mass is 35.5. The maximum absolute atomic E-state index is 13.4. The summed E-state index contributed by atoms with van der Waals surface area (Å²) in [5.41, 5.74) is 6.88. The lowest BCUT2D eigenvalue weighted by Gasteiger charge is -2.07. The highest BCUT2D eigenvalue weighted by Gasteiger charge is 2.07. The second kappa shape index (κ2) is 4.59. The van der Waals surface area contributed by atoms with Crippen LogP contribution >= 0.6 is 11.6 Å². The molecule has 0 aliphatic heterocycles. The SMILES string of the molecule is Cc1ccc(F)c(Oc2cc(N)cc(Cl)n2)c1. The number of aromatic nitrogens is 1. The zero-order valence-corrected chi connectivity index (χ0v) is 9.83. The number of hydrogen-bond donors (Lipinski definition) is 1. The van der Waals surface area contributed by atoms with Gasteiger partial charge in [-0.1, -0.05) is 17.7 Å². The largest absolute Gasteiger partial charge is 0.436 e. The topological polar surface area (TPSA) is 48.1 Å². The van der Waals surface area contributed by atoms with Gasteiger partial charge >= 0.3 is 0 Å². The van der Waals surface area contributed by atoms with E-state index >= 15 is 0 Å². The fourth-order valence-corrected chi connectivity index (χ4v) is 1.55. The average Bonchev–Trinajstić information content (AvgIpc) is 2.22. The molecular weight excluding hydrogens is 243 g/mol. The van der Waals surface area contributed by atoms with E-state index in [2.05, 4.69) is 4.98 Å². The number of rotatable bonds is 2. The van der Waals surface area contributed by atoms with Gasteiger partial charge in [0.15, 0.2) is 11.6 Å². The average molecular weight is 253 g/mol. The molecule has 1 aromatic carbocycles. The number of nitrogens with two attached hydrogens (primary N) is 1. The Kier molecular flexibility index (Phi) is 3.15. The summed E-state index contributed by atoms with van der Waals surface area (Å²) in [7, 11) is 0. The summed E-state index contributed by atoms with van der Waals surface area (Å²) in [4.78, 5) is 3.90. The molecule has 17 heavy (non-hydrogen) atoms. The standard InChI is InChI=1S/C12H10ClFN2O/c1-7-2-3-9(14)10(4-7)17-12-6-8(15)5-11(13)16-12/h2-6H,1H3,(H2,15,16). The molecule has 5 heteroatoms. The van der Waals surface area contributed by atoms with Crippen LogP contribution in [0.1, 0.15) is 5.56 Å². The van der Waals surface area contributed by atoms with Gasteiger partial charge in [-0.05, 0) is 30.7 Å². The molecule has 0 saturated carbocycles. The van der Waals surface area contributed by atoms with Crippen molar-refractivity contribution in [2.75, 3.05) is 5.73 Å². The van der Waals surface area contributed by atoms with Crippen LogP contribution in [0.4, 0.5) is 10.1 Å². The van der Waals surface area contributed by atoms with Crippen molar-refractivity contribution in [3.05, 3.63) is 46.9 Å².